The molecule has 0 spiro atoms. The minimum absolute atomic E-state index is 0.137. The largest absolute Gasteiger partial charge is 0.483 e. The van der Waals surface area contributed by atoms with Crippen LogP contribution in [0, 0.1) is 13.8 Å². The topological polar surface area (TPSA) is 75.8 Å². The molecule has 1 N–H and O–H groups in total. The summed E-state index contributed by atoms with van der Waals surface area (Å²) in [6, 6.07) is 4.49. The van der Waals surface area contributed by atoms with Crippen LogP contribution in [0.1, 0.15) is 35.9 Å². The lowest BCUT2D eigenvalue weighted by Gasteiger charge is -2.34. The number of hydrogen-bond acceptors (Lipinski definition) is 5. The average molecular weight is 338 g/mol. The van der Waals surface area contributed by atoms with E-state index in [1.54, 1.807) is 19.9 Å². The number of carbonyl (C=O) groups excluding carboxylic acids is 1. The number of ether oxygens (including phenoxy) is 1. The first kappa shape index (κ1) is 16.4. The number of fused-ring (bicyclic) bond motifs is 1. The van der Waals surface area contributed by atoms with Crippen molar-refractivity contribution >= 4 is 11.6 Å². The van der Waals surface area contributed by atoms with Gasteiger partial charge in [-0.3, -0.25) is 9.69 Å². The van der Waals surface area contributed by atoms with Gasteiger partial charge in [-0.1, -0.05) is 12.1 Å². The van der Waals surface area contributed by atoms with Gasteiger partial charge in [-0.05, 0) is 26.8 Å². The Bertz CT molecular complexity index is 782. The van der Waals surface area contributed by atoms with E-state index in [2.05, 4.69) is 9.72 Å². The zero-order valence-electron chi connectivity index (χ0n) is 13.3. The van der Waals surface area contributed by atoms with Gasteiger partial charge in [0, 0.05) is 5.56 Å². The number of alkyl halides is 2. The van der Waals surface area contributed by atoms with Crippen LogP contribution in [-0.2, 0) is 11.3 Å². The summed E-state index contributed by atoms with van der Waals surface area (Å²) in [7, 11) is 0. The number of anilines is 1. The second kappa shape index (κ2) is 5.55. The molecule has 1 aliphatic rings. The van der Waals surface area contributed by atoms with Crippen molar-refractivity contribution in [3.8, 4) is 5.75 Å². The molecule has 1 amide bonds. The number of aryl methyl sites for hydroxylation is 2. The zero-order valence-corrected chi connectivity index (χ0v) is 13.3. The van der Waals surface area contributed by atoms with Crippen molar-refractivity contribution in [2.45, 2.75) is 39.5 Å². The third-order valence-corrected chi connectivity index (χ3v) is 3.86. The summed E-state index contributed by atoms with van der Waals surface area (Å²) in [5.74, 6) is -1.04. The van der Waals surface area contributed by atoms with E-state index in [1.165, 1.54) is 19.1 Å². The fourth-order valence-corrected chi connectivity index (χ4v) is 2.53. The van der Waals surface area contributed by atoms with E-state index < -0.39 is 18.1 Å². The molecule has 0 aliphatic carbocycles. The summed E-state index contributed by atoms with van der Waals surface area (Å²) in [5, 5.41) is 9.77. The van der Waals surface area contributed by atoms with E-state index >= 15 is 0 Å². The number of hydrogen-bond donors (Lipinski definition) is 1. The fraction of sp³-hybridized carbons (Fsp3) is 0.375. The Kier molecular flexibility index (Phi) is 3.79. The molecule has 2 heterocycles. The summed E-state index contributed by atoms with van der Waals surface area (Å²) in [4.78, 5) is 17.1. The number of halogens is 2. The molecule has 0 radical (unpaired) electrons. The van der Waals surface area contributed by atoms with Crippen LogP contribution in [0.15, 0.2) is 22.6 Å². The minimum Gasteiger partial charge on any atom is -0.444 e. The fourth-order valence-electron chi connectivity index (χ4n) is 2.53. The van der Waals surface area contributed by atoms with Gasteiger partial charge in [-0.2, -0.15) is 8.78 Å². The third kappa shape index (κ3) is 2.62. The maximum absolute atomic E-state index is 14.0. The molecule has 1 aromatic carbocycles. The summed E-state index contributed by atoms with van der Waals surface area (Å²) in [6.45, 7) is 4.58. The maximum atomic E-state index is 14.0. The van der Waals surface area contributed by atoms with Gasteiger partial charge in [0.25, 0.3) is 0 Å². The molecule has 2 aromatic rings. The molecule has 1 atom stereocenters. The number of para-hydroxylation sites is 1. The van der Waals surface area contributed by atoms with Crippen LogP contribution in [-0.4, -0.2) is 22.1 Å². The van der Waals surface area contributed by atoms with Crippen LogP contribution in [0.5, 0.6) is 5.75 Å². The van der Waals surface area contributed by atoms with E-state index in [-0.39, 0.29) is 29.4 Å². The predicted octanol–water partition coefficient (Wildman–Crippen LogP) is 2.86. The molecular formula is C16H16F2N2O4. The number of carbonyl (C=O) groups is 1. The lowest BCUT2D eigenvalue weighted by molar-refractivity contribution is -0.193. The second-order valence-corrected chi connectivity index (χ2v) is 5.63. The highest BCUT2D eigenvalue weighted by Crippen LogP contribution is 2.44. The first-order chi connectivity index (χ1) is 11.2. The van der Waals surface area contributed by atoms with Crippen molar-refractivity contribution in [3.63, 3.8) is 0 Å². The molecular weight excluding hydrogens is 322 g/mol. The lowest BCUT2D eigenvalue weighted by atomic mass is 10.1. The van der Waals surface area contributed by atoms with Crippen molar-refractivity contribution in [2.24, 2.45) is 0 Å². The first-order valence-corrected chi connectivity index (χ1v) is 7.33. The molecule has 6 nitrogen and oxygen atoms in total. The monoisotopic (exact) mass is 338 g/mol. The first-order valence-electron chi connectivity index (χ1n) is 7.33. The van der Waals surface area contributed by atoms with Crippen molar-refractivity contribution in [1.82, 2.24) is 4.98 Å². The third-order valence-electron chi connectivity index (χ3n) is 3.86. The average Bonchev–Trinajstić information content (AvgIpc) is 2.81. The number of rotatable bonds is 3. The van der Waals surface area contributed by atoms with Crippen LogP contribution in [0.3, 0.4) is 0 Å². The Morgan fingerprint density at radius 2 is 2.08 bits per heavy atom. The highest BCUT2D eigenvalue weighted by atomic mass is 19.3. The van der Waals surface area contributed by atoms with Gasteiger partial charge in [-0.15, -0.1) is 0 Å². The van der Waals surface area contributed by atoms with E-state index in [9.17, 15) is 18.7 Å². The molecule has 8 heteroatoms. The van der Waals surface area contributed by atoms with E-state index in [1.807, 2.05) is 0 Å². The summed E-state index contributed by atoms with van der Waals surface area (Å²) in [6.07, 6.45) is -5.06. The van der Waals surface area contributed by atoms with Crippen LogP contribution in [0.2, 0.25) is 0 Å². The summed E-state index contributed by atoms with van der Waals surface area (Å²) >= 11 is 0. The number of aromatic nitrogens is 1. The standard InChI is InChI=1S/C16H16F2N2O4/c1-8-10(3)23-13(19-8)7-20-12-6-4-5-11(9(2)21)14(12)24-16(17,18)15(20)22/h4-6,9,21H,7H2,1-3H3. The lowest BCUT2D eigenvalue weighted by Crippen LogP contribution is -2.50. The molecule has 128 valence electrons. The van der Waals surface area contributed by atoms with Gasteiger partial charge in [0.05, 0.1) is 17.5 Å². The number of aliphatic hydroxyl groups is 1. The van der Waals surface area contributed by atoms with Gasteiger partial charge in [0.1, 0.15) is 12.3 Å². The number of benzene rings is 1. The van der Waals surface area contributed by atoms with Crippen LogP contribution in [0.4, 0.5) is 14.5 Å². The second-order valence-electron chi connectivity index (χ2n) is 5.63. The highest BCUT2D eigenvalue weighted by molar-refractivity contribution is 6.01. The quantitative estimate of drug-likeness (QED) is 0.931. The highest BCUT2D eigenvalue weighted by Gasteiger charge is 2.51. The Morgan fingerprint density at radius 3 is 2.67 bits per heavy atom. The number of amides is 1. The molecule has 1 aromatic heterocycles. The molecule has 0 bridgehead atoms. The van der Waals surface area contributed by atoms with Gasteiger partial charge in [-0.25, -0.2) is 4.98 Å². The Morgan fingerprint density at radius 1 is 1.38 bits per heavy atom. The molecule has 24 heavy (non-hydrogen) atoms. The van der Waals surface area contributed by atoms with Gasteiger partial charge in [0.2, 0.25) is 5.89 Å². The van der Waals surface area contributed by atoms with Gasteiger partial charge >= 0.3 is 12.0 Å². The normalized spacial score (nSPS) is 17.4. The van der Waals surface area contributed by atoms with Gasteiger partial charge in [0.15, 0.2) is 5.75 Å². The summed E-state index contributed by atoms with van der Waals surface area (Å²) in [5.41, 5.74) is 0.928. The SMILES string of the molecule is Cc1nc(CN2C(=O)C(F)(F)Oc3c(C(C)O)cccc32)oc1C. The summed E-state index contributed by atoms with van der Waals surface area (Å²) < 4.78 is 38.0. The molecule has 0 saturated heterocycles. The van der Waals surface area contributed by atoms with E-state index in [0.29, 0.717) is 11.5 Å². The van der Waals surface area contributed by atoms with Gasteiger partial charge < -0.3 is 14.3 Å². The van der Waals surface area contributed by atoms with Crippen LogP contribution < -0.4 is 9.64 Å². The molecule has 1 unspecified atom stereocenters. The maximum Gasteiger partial charge on any atom is 0.483 e. The van der Waals surface area contributed by atoms with Crippen molar-refractivity contribution in [2.75, 3.05) is 4.90 Å². The number of aliphatic hydroxyl groups excluding tert-OH is 1. The molecule has 0 saturated carbocycles. The minimum atomic E-state index is -4.03. The van der Waals surface area contributed by atoms with Crippen molar-refractivity contribution in [3.05, 3.63) is 41.1 Å². The van der Waals surface area contributed by atoms with E-state index in [4.69, 9.17) is 4.42 Å². The van der Waals surface area contributed by atoms with Crippen molar-refractivity contribution < 1.29 is 27.8 Å². The Balaban J connectivity index is 2.08. The predicted molar refractivity (Wildman–Crippen MR) is 79.8 cm³/mol. The number of oxazole rings is 1. The van der Waals surface area contributed by atoms with Crippen LogP contribution >= 0.6 is 0 Å². The smallest absolute Gasteiger partial charge is 0.444 e. The Labute approximate surface area is 136 Å². The van der Waals surface area contributed by atoms with E-state index in [0.717, 1.165) is 4.90 Å². The number of nitrogens with zero attached hydrogens (tertiary/aromatic N) is 2. The molecule has 1 aliphatic heterocycles. The Hall–Kier alpha value is -2.48. The zero-order chi connectivity index (χ0) is 17.6. The van der Waals surface area contributed by atoms with Crippen LogP contribution in [0.25, 0.3) is 0 Å². The molecule has 0 fully saturated rings. The molecule has 3 rings (SSSR count). The van der Waals surface area contributed by atoms with Crippen molar-refractivity contribution in [1.29, 1.82) is 0 Å².